The molecule has 0 bridgehead atoms. The lowest BCUT2D eigenvalue weighted by molar-refractivity contribution is 0.0697. The third kappa shape index (κ3) is 3.83. The number of pyridine rings is 1. The van der Waals surface area contributed by atoms with Crippen molar-refractivity contribution in [3.8, 4) is 11.3 Å². The average Bonchev–Trinajstić information content (AvgIpc) is 3.42. The molecule has 1 fully saturated rings. The Kier molecular flexibility index (Phi) is 5.50. The average molecular weight is 378 g/mol. The minimum atomic E-state index is 0.00386. The van der Waals surface area contributed by atoms with Gasteiger partial charge in [0, 0.05) is 55.9 Å². The Morgan fingerprint density at radius 1 is 1.29 bits per heavy atom. The maximum absolute atomic E-state index is 13.0. The van der Waals surface area contributed by atoms with E-state index >= 15 is 0 Å². The SMILES string of the molecule is CCCCn1ccnc1[C@H]1CCCN(C(=O)c2cc(-c3ccncc3)n[nH]2)C1. The summed E-state index contributed by atoms with van der Waals surface area (Å²) in [6, 6.07) is 5.60. The Morgan fingerprint density at radius 2 is 2.14 bits per heavy atom. The number of rotatable bonds is 6. The van der Waals surface area contributed by atoms with Crippen LogP contribution in [-0.4, -0.2) is 48.6 Å². The van der Waals surface area contributed by atoms with E-state index in [0.29, 0.717) is 12.2 Å². The second-order valence-electron chi connectivity index (χ2n) is 7.33. The van der Waals surface area contributed by atoms with E-state index in [1.165, 1.54) is 0 Å². The summed E-state index contributed by atoms with van der Waals surface area (Å²) in [6.45, 7) is 4.66. The smallest absolute Gasteiger partial charge is 0.271 e. The first-order chi connectivity index (χ1) is 13.8. The van der Waals surface area contributed by atoms with Gasteiger partial charge in [-0.1, -0.05) is 13.3 Å². The standard InChI is InChI=1S/C21H26N6O/c1-2-3-11-26-13-10-23-20(26)17-5-4-12-27(15-17)21(28)19-14-18(24-25-19)16-6-8-22-9-7-16/h6-10,13-14,17H,2-5,11-12,15H2,1H3,(H,24,25)/t17-/m0/s1. The number of aryl methyl sites for hydroxylation is 1. The van der Waals surface area contributed by atoms with E-state index in [-0.39, 0.29) is 11.8 Å². The molecule has 3 aromatic heterocycles. The molecule has 0 spiro atoms. The number of nitrogens with one attached hydrogen (secondary N) is 1. The van der Waals surface area contributed by atoms with Gasteiger partial charge in [-0.05, 0) is 37.5 Å². The Hall–Kier alpha value is -2.96. The molecule has 146 valence electrons. The predicted octanol–water partition coefficient (Wildman–Crippen LogP) is 3.49. The molecule has 3 aromatic rings. The highest BCUT2D eigenvalue weighted by molar-refractivity contribution is 5.93. The van der Waals surface area contributed by atoms with E-state index in [9.17, 15) is 4.79 Å². The molecule has 0 aliphatic carbocycles. The molecule has 1 aliphatic heterocycles. The Bertz CT molecular complexity index is 916. The molecule has 0 saturated carbocycles. The van der Waals surface area contributed by atoms with Crippen LogP contribution >= 0.6 is 0 Å². The summed E-state index contributed by atoms with van der Waals surface area (Å²) in [6.07, 6.45) is 11.7. The second-order valence-corrected chi connectivity index (χ2v) is 7.33. The second kappa shape index (κ2) is 8.37. The largest absolute Gasteiger partial charge is 0.337 e. The summed E-state index contributed by atoms with van der Waals surface area (Å²) in [5.41, 5.74) is 2.23. The van der Waals surface area contributed by atoms with Crippen molar-refractivity contribution in [2.24, 2.45) is 0 Å². The molecular weight excluding hydrogens is 352 g/mol. The van der Waals surface area contributed by atoms with E-state index < -0.39 is 0 Å². The molecule has 0 aromatic carbocycles. The zero-order chi connectivity index (χ0) is 19.3. The third-order valence-corrected chi connectivity index (χ3v) is 5.36. The van der Waals surface area contributed by atoms with Crippen molar-refractivity contribution in [3.05, 3.63) is 54.5 Å². The van der Waals surface area contributed by atoms with Crippen LogP contribution < -0.4 is 0 Å². The number of unbranched alkanes of at least 4 members (excludes halogenated alkanes) is 1. The van der Waals surface area contributed by atoms with Crippen LogP contribution in [0.4, 0.5) is 0 Å². The molecule has 7 heteroatoms. The lowest BCUT2D eigenvalue weighted by atomic mass is 9.96. The number of piperidine rings is 1. The van der Waals surface area contributed by atoms with Crippen LogP contribution in [0.15, 0.2) is 43.0 Å². The van der Waals surface area contributed by atoms with Gasteiger partial charge in [-0.25, -0.2) is 4.98 Å². The number of imidazole rings is 1. The van der Waals surface area contributed by atoms with E-state index in [1.807, 2.05) is 29.3 Å². The molecule has 4 heterocycles. The zero-order valence-corrected chi connectivity index (χ0v) is 16.2. The van der Waals surface area contributed by atoms with Gasteiger partial charge in [0.15, 0.2) is 0 Å². The highest BCUT2D eigenvalue weighted by atomic mass is 16.2. The van der Waals surface area contributed by atoms with Gasteiger partial charge in [0.1, 0.15) is 11.5 Å². The molecular formula is C21H26N6O. The number of hydrogen-bond acceptors (Lipinski definition) is 4. The maximum Gasteiger partial charge on any atom is 0.271 e. The Balaban J connectivity index is 1.47. The summed E-state index contributed by atoms with van der Waals surface area (Å²) in [5.74, 6) is 1.39. The lowest BCUT2D eigenvalue weighted by Gasteiger charge is -2.32. The first-order valence-corrected chi connectivity index (χ1v) is 10.0. The van der Waals surface area contributed by atoms with Crippen LogP contribution in [0.3, 0.4) is 0 Å². The van der Waals surface area contributed by atoms with Crippen LogP contribution in [0, 0.1) is 0 Å². The van der Waals surface area contributed by atoms with Crippen LogP contribution in [0.25, 0.3) is 11.3 Å². The fourth-order valence-corrected chi connectivity index (χ4v) is 3.84. The molecule has 1 saturated heterocycles. The van der Waals surface area contributed by atoms with Crippen molar-refractivity contribution in [1.82, 2.24) is 29.6 Å². The summed E-state index contributed by atoms with van der Waals surface area (Å²) in [4.78, 5) is 23.6. The molecule has 7 nitrogen and oxygen atoms in total. The highest BCUT2D eigenvalue weighted by Crippen LogP contribution is 2.27. The molecule has 1 atom stereocenters. The van der Waals surface area contributed by atoms with Crippen molar-refractivity contribution in [1.29, 1.82) is 0 Å². The molecule has 0 unspecified atom stereocenters. The molecule has 1 aliphatic rings. The van der Waals surface area contributed by atoms with Crippen LogP contribution in [0.2, 0.25) is 0 Å². The minimum absolute atomic E-state index is 0.00386. The first kappa shape index (κ1) is 18.4. The van der Waals surface area contributed by atoms with Gasteiger partial charge < -0.3 is 9.47 Å². The Labute approximate surface area is 164 Å². The topological polar surface area (TPSA) is 79.7 Å². The lowest BCUT2D eigenvalue weighted by Crippen LogP contribution is -2.40. The van der Waals surface area contributed by atoms with E-state index in [4.69, 9.17) is 0 Å². The number of nitrogens with zero attached hydrogens (tertiary/aromatic N) is 5. The molecule has 1 N–H and O–H groups in total. The van der Waals surface area contributed by atoms with Gasteiger partial charge in [0.05, 0.1) is 5.69 Å². The van der Waals surface area contributed by atoms with Crippen molar-refractivity contribution < 1.29 is 4.79 Å². The fourth-order valence-electron chi connectivity index (χ4n) is 3.84. The molecule has 0 radical (unpaired) electrons. The predicted molar refractivity (Wildman–Crippen MR) is 107 cm³/mol. The number of aromatic nitrogens is 5. The quantitative estimate of drug-likeness (QED) is 0.712. The van der Waals surface area contributed by atoms with Gasteiger partial charge in [-0.3, -0.25) is 14.9 Å². The number of likely N-dealkylation sites (tertiary alicyclic amines) is 1. The normalized spacial score (nSPS) is 17.0. The van der Waals surface area contributed by atoms with Crippen LogP contribution in [0.1, 0.15) is 54.8 Å². The van der Waals surface area contributed by atoms with Crippen molar-refractivity contribution in [3.63, 3.8) is 0 Å². The third-order valence-electron chi connectivity index (χ3n) is 5.36. The van der Waals surface area contributed by atoms with Gasteiger partial charge in [-0.15, -0.1) is 0 Å². The molecule has 28 heavy (non-hydrogen) atoms. The van der Waals surface area contributed by atoms with E-state index in [2.05, 4.69) is 37.9 Å². The monoisotopic (exact) mass is 378 g/mol. The van der Waals surface area contributed by atoms with Crippen molar-refractivity contribution in [2.45, 2.75) is 45.1 Å². The minimum Gasteiger partial charge on any atom is -0.337 e. The number of H-pyrrole nitrogens is 1. The maximum atomic E-state index is 13.0. The van der Waals surface area contributed by atoms with Crippen LogP contribution in [-0.2, 0) is 6.54 Å². The number of aromatic amines is 1. The molecule has 1 amide bonds. The molecule has 4 rings (SSSR count). The van der Waals surface area contributed by atoms with E-state index in [1.54, 1.807) is 12.4 Å². The summed E-state index contributed by atoms with van der Waals surface area (Å²) >= 11 is 0. The Morgan fingerprint density at radius 3 is 2.96 bits per heavy atom. The van der Waals surface area contributed by atoms with Crippen molar-refractivity contribution in [2.75, 3.05) is 13.1 Å². The first-order valence-electron chi connectivity index (χ1n) is 10.0. The van der Waals surface area contributed by atoms with Crippen molar-refractivity contribution >= 4 is 5.91 Å². The van der Waals surface area contributed by atoms with Crippen LogP contribution in [0.5, 0.6) is 0 Å². The van der Waals surface area contributed by atoms with E-state index in [0.717, 1.165) is 55.9 Å². The van der Waals surface area contributed by atoms with Gasteiger partial charge in [-0.2, -0.15) is 5.10 Å². The number of hydrogen-bond donors (Lipinski definition) is 1. The zero-order valence-electron chi connectivity index (χ0n) is 16.2. The van der Waals surface area contributed by atoms with Gasteiger partial charge >= 0.3 is 0 Å². The number of carbonyl (C=O) groups excluding carboxylic acids is 1. The highest BCUT2D eigenvalue weighted by Gasteiger charge is 2.28. The van der Waals surface area contributed by atoms with Gasteiger partial charge in [0.25, 0.3) is 5.91 Å². The summed E-state index contributed by atoms with van der Waals surface area (Å²) < 4.78 is 2.25. The number of carbonyl (C=O) groups is 1. The summed E-state index contributed by atoms with van der Waals surface area (Å²) in [7, 11) is 0. The fraction of sp³-hybridized carbons (Fsp3) is 0.429. The number of amides is 1. The van der Waals surface area contributed by atoms with Gasteiger partial charge in [0.2, 0.25) is 0 Å². The summed E-state index contributed by atoms with van der Waals surface area (Å²) in [5, 5.41) is 7.21.